The van der Waals surface area contributed by atoms with Crippen molar-refractivity contribution in [2.45, 2.75) is 48.4 Å². The summed E-state index contributed by atoms with van der Waals surface area (Å²) in [5.41, 5.74) is 8.00. The third-order valence-electron chi connectivity index (χ3n) is 7.80. The molecule has 0 radical (unpaired) electrons. The molecule has 3 aliphatic rings. The lowest BCUT2D eigenvalue weighted by Crippen LogP contribution is -2.44. The molecule has 3 fully saturated rings. The summed E-state index contributed by atoms with van der Waals surface area (Å²) in [6.07, 6.45) is -3.20. The highest BCUT2D eigenvalue weighted by atomic mass is 32.5. The van der Waals surface area contributed by atoms with E-state index in [1.165, 1.54) is 17.2 Å². The lowest BCUT2D eigenvalue weighted by molar-refractivity contribution is -0.183. The van der Waals surface area contributed by atoms with Gasteiger partial charge in [0, 0.05) is 6.42 Å². The molecule has 0 spiro atoms. The number of aromatic nitrogens is 9. The lowest BCUT2D eigenvalue weighted by atomic mass is 10.0. The van der Waals surface area contributed by atoms with Crippen LogP contribution in [0.1, 0.15) is 18.9 Å². The smallest absolute Gasteiger partial charge is 0.325 e. The number of aliphatic hydroxyl groups excluding tert-OH is 2. The second kappa shape index (κ2) is 10.4. The zero-order chi connectivity index (χ0) is 31.0. The largest absolute Gasteiger partial charge is 0.393 e. The van der Waals surface area contributed by atoms with E-state index >= 15 is 0 Å². The number of halogens is 1. The predicted molar refractivity (Wildman–Crippen MR) is 147 cm³/mol. The molecule has 0 saturated carbocycles. The molecule has 8 N–H and O–H groups in total. The van der Waals surface area contributed by atoms with Crippen molar-refractivity contribution in [2.24, 2.45) is 0 Å². The molecule has 23 heteroatoms. The maximum Gasteiger partial charge on any atom is 0.325 e. The van der Waals surface area contributed by atoms with Crippen molar-refractivity contribution >= 4 is 52.6 Å². The van der Waals surface area contributed by atoms with Gasteiger partial charge in [-0.2, -0.15) is 9.67 Å². The predicted octanol–water partition coefficient (Wildman–Crippen LogP) is -2.22. The molecule has 2 bridgehead atoms. The van der Waals surface area contributed by atoms with Crippen molar-refractivity contribution in [1.82, 2.24) is 44.5 Å². The van der Waals surface area contributed by atoms with Crippen LogP contribution in [0.5, 0.6) is 0 Å². The Morgan fingerprint density at radius 2 is 2.05 bits per heavy atom. The number of rotatable bonds is 9. The second-order valence-electron chi connectivity index (χ2n) is 10.6. The summed E-state index contributed by atoms with van der Waals surface area (Å²) in [4.78, 5) is 42.0. The summed E-state index contributed by atoms with van der Waals surface area (Å²) < 4.78 is 45.8. The van der Waals surface area contributed by atoms with Gasteiger partial charge in [0.05, 0.1) is 26.1 Å². The van der Waals surface area contributed by atoms with E-state index in [0.29, 0.717) is 11.2 Å². The Kier molecular flexibility index (Phi) is 6.93. The van der Waals surface area contributed by atoms with Crippen LogP contribution in [0, 0.1) is 0 Å². The Morgan fingerprint density at radius 3 is 2.82 bits per heavy atom. The average molecular weight is 658 g/mol. The molecule has 20 nitrogen and oxygen atoms in total. The second-order valence-corrected chi connectivity index (χ2v) is 13.4. The molecule has 4 aromatic heterocycles. The number of aliphatic hydroxyl groups is 2. The van der Waals surface area contributed by atoms with Crippen LogP contribution in [-0.4, -0.2) is 116 Å². The number of H-pyrrole nitrogens is 1. The maximum absolute atomic E-state index is 14.1. The van der Waals surface area contributed by atoms with Gasteiger partial charge in [0.2, 0.25) is 5.95 Å². The van der Waals surface area contributed by atoms with Crippen molar-refractivity contribution in [1.29, 1.82) is 0 Å². The van der Waals surface area contributed by atoms with Gasteiger partial charge in [-0.05, 0) is 11.8 Å². The molecule has 1 unspecified atom stereocenters. The number of fused-ring (bicyclic) bond motifs is 4. The highest BCUT2D eigenvalue weighted by Crippen LogP contribution is 2.54. The molecule has 8 atom stereocenters. The summed E-state index contributed by atoms with van der Waals surface area (Å²) in [6.45, 7) is -6.68. The van der Waals surface area contributed by atoms with Crippen molar-refractivity contribution in [3.63, 3.8) is 0 Å². The van der Waals surface area contributed by atoms with E-state index in [9.17, 15) is 24.3 Å². The quantitative estimate of drug-likeness (QED) is 0.104. The number of hydrogen-bond acceptors (Lipinski definition) is 17. The van der Waals surface area contributed by atoms with Gasteiger partial charge in [-0.1, -0.05) is 5.21 Å². The third kappa shape index (κ3) is 4.57. The molecule has 3 aliphatic heterocycles. The number of nitrogens with two attached hydrogens (primary N) is 2. The summed E-state index contributed by atoms with van der Waals surface area (Å²) in [6, 6.07) is 0. The van der Waals surface area contributed by atoms with Gasteiger partial charge in [0.15, 0.2) is 35.1 Å². The number of nitrogens with zero attached hydrogens (tertiary/aromatic N) is 8. The molecule has 0 amide bonds. The average Bonchev–Trinajstić information content (AvgIpc) is 3.80. The Balaban J connectivity index is 1.12. The minimum atomic E-state index is -4.21. The molecular weight excluding hydrogens is 632 g/mol. The summed E-state index contributed by atoms with van der Waals surface area (Å²) in [5, 5.41) is 28.7. The molecule has 44 heavy (non-hydrogen) atoms. The van der Waals surface area contributed by atoms with Gasteiger partial charge in [0.1, 0.15) is 48.0 Å². The van der Waals surface area contributed by atoms with Crippen LogP contribution in [0.25, 0.3) is 22.3 Å². The van der Waals surface area contributed by atoms with E-state index < -0.39 is 74.1 Å². The highest BCUT2D eigenvalue weighted by molar-refractivity contribution is 8.07. The number of anilines is 2. The molecule has 3 saturated heterocycles. The normalized spacial score (nSPS) is 33.0. The minimum Gasteiger partial charge on any atom is -0.393 e. The summed E-state index contributed by atoms with van der Waals surface area (Å²) in [7, 11) is 0. The van der Waals surface area contributed by atoms with Crippen LogP contribution in [-0.2, 0) is 35.1 Å². The Labute approximate surface area is 249 Å². The van der Waals surface area contributed by atoms with E-state index in [0.717, 1.165) is 4.68 Å². The maximum atomic E-state index is 14.1. The Hall–Kier alpha value is -3.31. The number of ether oxygens (including phenoxy) is 3. The fraction of sp³-hybridized carbons (Fsp3) is 0.571. The van der Waals surface area contributed by atoms with Gasteiger partial charge in [-0.25, -0.2) is 19.3 Å². The van der Waals surface area contributed by atoms with E-state index in [1.54, 1.807) is 0 Å². The summed E-state index contributed by atoms with van der Waals surface area (Å²) in [5.74, 6) is -0.0907. The van der Waals surface area contributed by atoms with Crippen molar-refractivity contribution in [3.8, 4) is 0 Å². The number of aromatic amines is 1. The first-order valence-electron chi connectivity index (χ1n) is 13.0. The van der Waals surface area contributed by atoms with Crippen LogP contribution < -0.4 is 17.0 Å². The number of hydrogen-bond donors (Lipinski definition) is 6. The van der Waals surface area contributed by atoms with Gasteiger partial charge in [0.25, 0.3) is 5.56 Å². The summed E-state index contributed by atoms with van der Waals surface area (Å²) >= 11 is 5.27. The van der Waals surface area contributed by atoms with Gasteiger partial charge in [-0.3, -0.25) is 14.3 Å². The van der Waals surface area contributed by atoms with Gasteiger partial charge >= 0.3 is 6.72 Å². The minimum absolute atomic E-state index is 0.106. The van der Waals surface area contributed by atoms with E-state index in [-0.39, 0.29) is 36.0 Å². The first kappa shape index (κ1) is 29.4. The van der Waals surface area contributed by atoms with Crippen LogP contribution >= 0.6 is 6.72 Å². The van der Waals surface area contributed by atoms with Gasteiger partial charge < -0.3 is 49.8 Å². The number of nitrogen functional groups attached to an aromatic ring is 2. The lowest BCUT2D eigenvalue weighted by Gasteiger charge is -2.32. The topological polar surface area (TPSA) is 279 Å². The van der Waals surface area contributed by atoms with Crippen molar-refractivity contribution in [3.05, 3.63) is 23.0 Å². The fourth-order valence-electron chi connectivity index (χ4n) is 5.59. The van der Waals surface area contributed by atoms with Crippen LogP contribution in [0.3, 0.4) is 0 Å². The fourth-order valence-corrected chi connectivity index (χ4v) is 7.04. The zero-order valence-electron chi connectivity index (χ0n) is 22.3. The van der Waals surface area contributed by atoms with Crippen molar-refractivity contribution < 1.29 is 42.8 Å². The van der Waals surface area contributed by atoms with Crippen molar-refractivity contribution in [2.75, 3.05) is 38.0 Å². The van der Waals surface area contributed by atoms with E-state index in [2.05, 4.69) is 35.2 Å². The molecule has 0 aliphatic carbocycles. The zero-order valence-corrected chi connectivity index (χ0v) is 24.0. The third-order valence-corrected chi connectivity index (χ3v) is 9.36. The van der Waals surface area contributed by atoms with E-state index in [4.69, 9.17) is 46.5 Å². The van der Waals surface area contributed by atoms with E-state index in [1.807, 2.05) is 0 Å². The number of imidazole rings is 1. The molecular formula is C21H25FN11O9PS. The SMILES string of the molecule is Nc1nc2c(nnn2[C@@H]2O[C@@](CO)(CF)C[C@H]2OP(O)(=S)OC[C@@]23CO[C@@H]([C@H](n4cnc5c(N)ncnc54)O2)[C@@H]3O)c(=O)[nH]1. The van der Waals surface area contributed by atoms with Crippen LogP contribution in [0.4, 0.5) is 16.2 Å². The Morgan fingerprint density at radius 1 is 1.23 bits per heavy atom. The standard InChI is InChI=1S/C21H25FN11O9PS/c22-2-20(3-34)1-8(17(40-20)33-15-10(30-31-33)16(36)29-19(24)28-15)42-43(37,44)39-5-21-4-38-11(12(21)35)18(41-21)32-7-27-9-13(23)25-6-26-14(9)32/h6-8,11-12,17-18,34-35H,1-5H2,(H,37,44)(H2,23,25,26)(H3,24,28,29,36)/t8-,11-,12+,17-,18-,20-,21-,43?/m1/s1. The number of nitrogens with one attached hydrogen (secondary N) is 1. The monoisotopic (exact) mass is 657 g/mol. The molecule has 4 aromatic rings. The first-order valence-corrected chi connectivity index (χ1v) is 15.6. The molecule has 0 aromatic carbocycles. The highest BCUT2D eigenvalue weighted by Gasteiger charge is 2.63. The Bertz CT molecular complexity index is 1850. The van der Waals surface area contributed by atoms with Crippen LogP contribution in [0.15, 0.2) is 17.4 Å². The molecule has 236 valence electrons. The van der Waals surface area contributed by atoms with Gasteiger partial charge in [-0.15, -0.1) is 5.10 Å². The molecule has 7 heterocycles. The van der Waals surface area contributed by atoms with Crippen LogP contribution in [0.2, 0.25) is 0 Å². The number of alkyl halides is 1. The first-order chi connectivity index (χ1) is 21.0. The molecule has 7 rings (SSSR count).